The molecular formula is C30H33N3O3S. The summed E-state index contributed by atoms with van der Waals surface area (Å²) in [5, 5.41) is 6.27. The number of aromatic nitrogens is 1. The molecule has 2 heterocycles. The summed E-state index contributed by atoms with van der Waals surface area (Å²) in [7, 11) is 1.63. The number of ether oxygens (including phenoxy) is 1. The number of benzene rings is 2. The first kappa shape index (κ1) is 25.1. The van der Waals surface area contributed by atoms with Gasteiger partial charge in [-0.3, -0.25) is 9.59 Å². The molecule has 1 aliphatic carbocycles. The fourth-order valence-corrected chi connectivity index (χ4v) is 6.07. The normalized spacial score (nSPS) is 14.8. The van der Waals surface area contributed by atoms with Crippen LogP contribution in [0.1, 0.15) is 54.1 Å². The van der Waals surface area contributed by atoms with Gasteiger partial charge in [0.2, 0.25) is 11.8 Å². The number of carbonyl (C=O) groups excluding carboxylic acids is 2. The smallest absolute Gasteiger partial charge is 0.248 e. The van der Waals surface area contributed by atoms with Gasteiger partial charge in [0.15, 0.2) is 0 Å². The van der Waals surface area contributed by atoms with E-state index in [0.29, 0.717) is 6.54 Å². The number of hydrogen-bond donors (Lipinski definition) is 2. The summed E-state index contributed by atoms with van der Waals surface area (Å²) in [6.07, 6.45) is 7.54. The van der Waals surface area contributed by atoms with Crippen LogP contribution in [0.2, 0.25) is 0 Å². The predicted octanol–water partition coefficient (Wildman–Crippen LogP) is 6.00. The number of rotatable bonds is 9. The number of nitrogens with one attached hydrogen (secondary N) is 2. The topological polar surface area (TPSA) is 74.4 Å². The van der Waals surface area contributed by atoms with Gasteiger partial charge in [-0.1, -0.05) is 55.7 Å². The molecule has 6 nitrogen and oxygen atoms in total. The molecule has 192 valence electrons. The van der Waals surface area contributed by atoms with E-state index >= 15 is 0 Å². The molecule has 1 saturated carbocycles. The molecule has 1 aliphatic rings. The zero-order valence-corrected chi connectivity index (χ0v) is 21.9. The number of thiophene rings is 1. The molecule has 5 rings (SSSR count). The average Bonchev–Trinajstić information content (AvgIpc) is 3.60. The molecule has 0 radical (unpaired) electrons. The van der Waals surface area contributed by atoms with E-state index in [1.165, 1.54) is 17.8 Å². The number of H-pyrrole nitrogens is 1. The summed E-state index contributed by atoms with van der Waals surface area (Å²) in [5.74, 6) is 0.523. The zero-order valence-electron chi connectivity index (χ0n) is 21.1. The number of hydrogen-bond acceptors (Lipinski definition) is 4. The standard InChI is InChI=1S/C30H33N3O3S/c1-36-24-12-7-9-21(17-24)20-33(28(34)18-22-19-31-26-14-6-5-13-25(22)26)29(27-15-8-16-37-27)30(35)32-23-10-3-2-4-11-23/h5-9,12-17,19,23,29,31H,2-4,10-11,18,20H2,1H3,(H,32,35)/t29-/m0/s1. The average molecular weight is 516 g/mol. The third-order valence-corrected chi connectivity index (χ3v) is 8.07. The number of methoxy groups -OCH3 is 1. The summed E-state index contributed by atoms with van der Waals surface area (Å²) in [5.41, 5.74) is 2.84. The van der Waals surface area contributed by atoms with Crippen LogP contribution in [0.25, 0.3) is 10.9 Å². The maximum Gasteiger partial charge on any atom is 0.248 e. The van der Waals surface area contributed by atoms with Gasteiger partial charge in [0.25, 0.3) is 0 Å². The van der Waals surface area contributed by atoms with Crippen LogP contribution in [0.15, 0.2) is 72.2 Å². The van der Waals surface area contributed by atoms with Crippen molar-refractivity contribution in [3.8, 4) is 5.75 Å². The number of fused-ring (bicyclic) bond motifs is 1. The van der Waals surface area contributed by atoms with Crippen LogP contribution in [0.3, 0.4) is 0 Å². The summed E-state index contributed by atoms with van der Waals surface area (Å²) in [6, 6.07) is 19.0. The Kier molecular flexibility index (Phi) is 7.90. The second-order valence-corrected chi connectivity index (χ2v) is 10.7. The largest absolute Gasteiger partial charge is 0.497 e. The van der Waals surface area contributed by atoms with Crippen molar-refractivity contribution in [2.24, 2.45) is 0 Å². The Morgan fingerprint density at radius 1 is 1.08 bits per heavy atom. The van der Waals surface area contributed by atoms with Gasteiger partial charge in [-0.2, -0.15) is 0 Å². The molecule has 1 atom stereocenters. The van der Waals surface area contributed by atoms with Crippen LogP contribution in [0.4, 0.5) is 0 Å². The van der Waals surface area contributed by atoms with Crippen LogP contribution in [-0.4, -0.2) is 34.8 Å². The highest BCUT2D eigenvalue weighted by atomic mass is 32.1. The molecule has 0 unspecified atom stereocenters. The highest BCUT2D eigenvalue weighted by Crippen LogP contribution is 2.30. The van der Waals surface area contributed by atoms with E-state index in [-0.39, 0.29) is 24.3 Å². The lowest BCUT2D eigenvalue weighted by Crippen LogP contribution is -2.47. The highest BCUT2D eigenvalue weighted by molar-refractivity contribution is 7.10. The maximum atomic E-state index is 14.1. The van der Waals surface area contributed by atoms with Gasteiger partial charge < -0.3 is 19.9 Å². The summed E-state index contributed by atoms with van der Waals surface area (Å²) < 4.78 is 5.43. The van der Waals surface area contributed by atoms with Crippen molar-refractivity contribution in [2.45, 2.75) is 57.2 Å². The number of nitrogens with zero attached hydrogens (tertiary/aromatic N) is 1. The SMILES string of the molecule is COc1cccc(CN(C(=O)Cc2c[nH]c3ccccc23)[C@H](C(=O)NC2CCCCC2)c2cccs2)c1. The molecule has 2 N–H and O–H groups in total. The van der Waals surface area contributed by atoms with Crippen molar-refractivity contribution in [2.75, 3.05) is 7.11 Å². The van der Waals surface area contributed by atoms with Crippen LogP contribution in [0.5, 0.6) is 5.75 Å². The van der Waals surface area contributed by atoms with Gasteiger partial charge in [-0.05, 0) is 53.6 Å². The molecule has 2 amide bonds. The lowest BCUT2D eigenvalue weighted by Gasteiger charge is -2.33. The third kappa shape index (κ3) is 5.88. The van der Waals surface area contributed by atoms with Crippen LogP contribution in [0, 0.1) is 0 Å². The van der Waals surface area contributed by atoms with Gasteiger partial charge in [0, 0.05) is 34.6 Å². The van der Waals surface area contributed by atoms with Crippen molar-refractivity contribution in [3.05, 3.63) is 88.2 Å². The number of para-hydroxylation sites is 1. The van der Waals surface area contributed by atoms with E-state index < -0.39 is 6.04 Å². The Morgan fingerprint density at radius 2 is 1.92 bits per heavy atom. The second kappa shape index (κ2) is 11.6. The first-order valence-corrected chi connectivity index (χ1v) is 13.8. The van der Waals surface area contributed by atoms with Crippen LogP contribution in [-0.2, 0) is 22.6 Å². The molecule has 0 saturated heterocycles. The Labute approximate surface area is 221 Å². The van der Waals surface area contributed by atoms with E-state index in [2.05, 4.69) is 10.3 Å². The minimum Gasteiger partial charge on any atom is -0.497 e. The predicted molar refractivity (Wildman–Crippen MR) is 148 cm³/mol. The summed E-state index contributed by atoms with van der Waals surface area (Å²) >= 11 is 1.51. The quantitative estimate of drug-likeness (QED) is 0.287. The fraction of sp³-hybridized carbons (Fsp3) is 0.333. The summed E-state index contributed by atoms with van der Waals surface area (Å²) in [6.45, 7) is 0.305. The van der Waals surface area contributed by atoms with Gasteiger partial charge >= 0.3 is 0 Å². The molecule has 0 bridgehead atoms. The fourth-order valence-electron chi connectivity index (χ4n) is 5.23. The van der Waals surface area contributed by atoms with Gasteiger partial charge in [-0.25, -0.2) is 0 Å². The third-order valence-electron chi connectivity index (χ3n) is 7.15. The zero-order chi connectivity index (χ0) is 25.6. The van der Waals surface area contributed by atoms with Gasteiger partial charge in [0.1, 0.15) is 11.8 Å². The van der Waals surface area contributed by atoms with Crippen LogP contribution < -0.4 is 10.1 Å². The van der Waals surface area contributed by atoms with E-state index in [4.69, 9.17) is 4.74 Å². The number of amides is 2. The molecule has 7 heteroatoms. The lowest BCUT2D eigenvalue weighted by molar-refractivity contribution is -0.141. The maximum absolute atomic E-state index is 14.1. The molecule has 0 aliphatic heterocycles. The Morgan fingerprint density at radius 3 is 2.70 bits per heavy atom. The number of aromatic amines is 1. The van der Waals surface area contributed by atoms with Crippen molar-refractivity contribution in [3.63, 3.8) is 0 Å². The molecular weight excluding hydrogens is 482 g/mol. The minimum absolute atomic E-state index is 0.0928. The Balaban J connectivity index is 1.49. The molecule has 0 spiro atoms. The van der Waals surface area contributed by atoms with Crippen molar-refractivity contribution < 1.29 is 14.3 Å². The van der Waals surface area contributed by atoms with Crippen LogP contribution >= 0.6 is 11.3 Å². The molecule has 2 aromatic heterocycles. The monoisotopic (exact) mass is 515 g/mol. The van der Waals surface area contributed by atoms with Gasteiger partial charge in [0.05, 0.1) is 13.5 Å². The van der Waals surface area contributed by atoms with E-state index in [1.54, 1.807) is 12.0 Å². The lowest BCUT2D eigenvalue weighted by atomic mass is 9.95. The second-order valence-electron chi connectivity index (χ2n) is 9.67. The Bertz CT molecular complexity index is 1340. The van der Waals surface area contributed by atoms with Crippen molar-refractivity contribution in [1.29, 1.82) is 0 Å². The highest BCUT2D eigenvalue weighted by Gasteiger charge is 2.34. The summed E-state index contributed by atoms with van der Waals surface area (Å²) in [4.78, 5) is 33.8. The number of carbonyl (C=O) groups is 2. The van der Waals surface area contributed by atoms with Crippen molar-refractivity contribution >= 4 is 34.1 Å². The van der Waals surface area contributed by atoms with E-state index in [0.717, 1.165) is 58.3 Å². The van der Waals surface area contributed by atoms with Crippen molar-refractivity contribution in [1.82, 2.24) is 15.2 Å². The van der Waals surface area contributed by atoms with Gasteiger partial charge in [-0.15, -0.1) is 11.3 Å². The minimum atomic E-state index is -0.703. The van der Waals surface area contributed by atoms with E-state index in [9.17, 15) is 9.59 Å². The first-order valence-electron chi connectivity index (χ1n) is 12.9. The van der Waals surface area contributed by atoms with E-state index in [1.807, 2.05) is 72.2 Å². The first-order chi connectivity index (χ1) is 18.1. The molecule has 1 fully saturated rings. The molecule has 2 aromatic carbocycles. The molecule has 37 heavy (non-hydrogen) atoms. The Hall–Kier alpha value is -3.58. The molecule has 4 aromatic rings.